The number of aromatic hydroxyl groups is 1. The van der Waals surface area contributed by atoms with Gasteiger partial charge in [-0.25, -0.2) is 0 Å². The Morgan fingerprint density at radius 1 is 0.590 bits per heavy atom. The van der Waals surface area contributed by atoms with Gasteiger partial charge in [-0.1, -0.05) is 36.9 Å². The summed E-state index contributed by atoms with van der Waals surface area (Å²) in [6.45, 7) is 3.58. The van der Waals surface area contributed by atoms with Gasteiger partial charge in [0.25, 0.3) is 60.7 Å². The summed E-state index contributed by atoms with van der Waals surface area (Å²) in [5.41, 5.74) is -3.19. The van der Waals surface area contributed by atoms with Crippen LogP contribution in [0.4, 0.5) is 46.5 Å². The molecule has 0 unspecified atom stereocenters. The summed E-state index contributed by atoms with van der Waals surface area (Å²) in [6, 6.07) is 11.2. The van der Waals surface area contributed by atoms with Gasteiger partial charge in [-0.05, 0) is 89.3 Å². The Kier molecular flexibility index (Phi) is 16.2. The van der Waals surface area contributed by atoms with Crippen LogP contribution in [-0.2, 0) is 60.7 Å². The highest BCUT2D eigenvalue weighted by molar-refractivity contribution is 7.87. The van der Waals surface area contributed by atoms with E-state index in [9.17, 15) is 82.9 Å². The summed E-state index contributed by atoms with van der Waals surface area (Å²) >= 11 is 12.3. The number of phenolic OH excluding ortho intramolecular Hbond substituents is 1. The van der Waals surface area contributed by atoms with Crippen molar-refractivity contribution in [3.8, 4) is 5.75 Å². The molecular formula is C39H30Cl2N12O19S6. The molecule has 7 aromatic rings. The van der Waals surface area contributed by atoms with Crippen LogP contribution in [0.2, 0.25) is 10.6 Å². The van der Waals surface area contributed by atoms with Crippen molar-refractivity contribution in [3.63, 3.8) is 0 Å². The van der Waals surface area contributed by atoms with Crippen molar-refractivity contribution >= 4 is 152 Å². The first-order valence-corrected chi connectivity index (χ1v) is 29.8. The lowest BCUT2D eigenvalue weighted by Gasteiger charge is -2.16. The zero-order valence-corrected chi connectivity index (χ0v) is 44.3. The van der Waals surface area contributed by atoms with E-state index in [0.717, 1.165) is 48.5 Å². The topological polar surface area (TPSA) is 497 Å². The number of hydrogen-bond acceptors (Lipinski definition) is 25. The van der Waals surface area contributed by atoms with E-state index >= 15 is 0 Å². The monoisotopic (exact) mass is 1230 g/mol. The van der Waals surface area contributed by atoms with Gasteiger partial charge in [-0.2, -0.15) is 80.4 Å². The molecule has 5 aromatic carbocycles. The maximum absolute atomic E-state index is 12.8. The molecule has 11 N–H and O–H groups in total. The first kappa shape index (κ1) is 58.2. The van der Waals surface area contributed by atoms with Crippen molar-refractivity contribution in [1.29, 1.82) is 0 Å². The summed E-state index contributed by atoms with van der Waals surface area (Å²) < 4.78 is 208. The number of nitrogens with zero attached hydrogens (tertiary/aromatic N) is 8. The minimum absolute atomic E-state index is 0.0347. The number of anilines is 6. The van der Waals surface area contributed by atoms with Crippen LogP contribution in [-0.4, -0.2) is 119 Å². The Morgan fingerprint density at radius 2 is 1.18 bits per heavy atom. The Bertz CT molecular complexity index is 4500. The molecular weight excluding hydrogens is 1200 g/mol. The van der Waals surface area contributed by atoms with E-state index in [2.05, 4.69) is 68.0 Å². The van der Waals surface area contributed by atoms with Gasteiger partial charge >= 0.3 is 0 Å². The fourth-order valence-electron chi connectivity index (χ4n) is 6.90. The molecule has 0 radical (unpaired) electrons. The lowest BCUT2D eigenvalue weighted by Crippen LogP contribution is -2.16. The highest BCUT2D eigenvalue weighted by atomic mass is 35.5. The molecule has 0 saturated carbocycles. The van der Waals surface area contributed by atoms with Crippen LogP contribution in [0.1, 0.15) is 0 Å². The fraction of sp³-hybridized carbons (Fsp3) is 0.0256. The summed E-state index contributed by atoms with van der Waals surface area (Å²) in [5.74, 6) is -4.42. The summed E-state index contributed by atoms with van der Waals surface area (Å²) in [5, 5.41) is 26.1. The van der Waals surface area contributed by atoms with Crippen LogP contribution < -0.4 is 21.3 Å². The molecule has 0 amide bonds. The minimum Gasteiger partial charge on any atom is -0.505 e. The first-order valence-electron chi connectivity index (χ1n) is 20.3. The van der Waals surface area contributed by atoms with E-state index in [0.29, 0.717) is 18.2 Å². The highest BCUT2D eigenvalue weighted by Gasteiger charge is 2.28. The number of rotatable bonds is 19. The molecule has 0 aliphatic heterocycles. The molecule has 0 atom stereocenters. The SMILES string of the molecule is C=C/C=C(\C=C(/CS(=O)(=O)O)Nc1nc(Cl)nc(Nc2cccc(S(=O)(=O)O)c2)n1)Nc1nc(Cl)nc(Nc2cc(S(=O)(=O)O)cc3cc(S(=O)(=O)O)c(N=Nc4ccc5c(S(=O)(=O)O)cccc5c4S(=O)(=O)O)c(O)c23)n1. The lowest BCUT2D eigenvalue weighted by molar-refractivity contribution is 0.472. The fourth-order valence-corrected chi connectivity index (χ4v) is 11.0. The molecule has 0 aliphatic rings. The molecule has 0 spiro atoms. The van der Waals surface area contributed by atoms with Gasteiger partial charge in [0.1, 0.15) is 31.8 Å². The van der Waals surface area contributed by atoms with Crippen molar-refractivity contribution in [2.45, 2.75) is 24.5 Å². The molecule has 0 bridgehead atoms. The molecule has 2 aromatic heterocycles. The number of allylic oxidation sites excluding steroid dienone is 3. The van der Waals surface area contributed by atoms with Crippen LogP contribution >= 0.6 is 23.2 Å². The van der Waals surface area contributed by atoms with Crippen LogP contribution in [0.3, 0.4) is 0 Å². The molecule has 7 rings (SSSR count). The van der Waals surface area contributed by atoms with E-state index in [4.69, 9.17) is 23.2 Å². The highest BCUT2D eigenvalue weighted by Crippen LogP contribution is 2.46. The molecule has 31 nitrogen and oxygen atoms in total. The molecule has 0 fully saturated rings. The number of hydrogen-bond donors (Lipinski definition) is 11. The van der Waals surface area contributed by atoms with Gasteiger partial charge < -0.3 is 26.4 Å². The summed E-state index contributed by atoms with van der Waals surface area (Å²) in [6.07, 6.45) is 3.39. The molecule has 78 heavy (non-hydrogen) atoms. The summed E-state index contributed by atoms with van der Waals surface area (Å²) in [4.78, 5) is 19.0. The maximum atomic E-state index is 12.8. The largest absolute Gasteiger partial charge is 0.505 e. The summed E-state index contributed by atoms with van der Waals surface area (Å²) in [7, 11) is -30.7. The molecule has 2 heterocycles. The number of azo groups is 1. The molecule has 0 aliphatic carbocycles. The molecule has 0 saturated heterocycles. The van der Waals surface area contributed by atoms with E-state index in [1.807, 2.05) is 0 Å². The standard InChI is InChI=1S/C39H30Cl2N12O19S6/c1-2-5-19(14-21(17-73(55,56)57)44-38-48-34(40)46-37(50-38)43-20-6-3-7-22(15-20)74(58,59)60)42-36-47-35(41)49-39(51-36)45-27-16-23(75(61,62)63)12-18-13-29(77(67,68)69)31(32(54)30(18)27)53-52-26-11-10-24-25(33(26)78(70,71)72)8-4-9-28(24)76(64,65)66/h2-16,54H,1,17H2,(H,55,56,57)(H,58,59,60)(H,61,62,63)(H,64,65,66)(H,67,68,69)(H,70,71,72)(H2,42,45,47,49,51)(H2,43,44,46,48,50)/b19-5+,21-14+,53-52?. The van der Waals surface area contributed by atoms with Gasteiger partial charge in [0.2, 0.25) is 34.4 Å². The average Bonchev–Trinajstić information content (AvgIpc) is 3.30. The number of aromatic nitrogens is 6. The van der Waals surface area contributed by atoms with Crippen molar-refractivity contribution in [2.24, 2.45) is 10.2 Å². The Morgan fingerprint density at radius 3 is 1.76 bits per heavy atom. The second-order valence-corrected chi connectivity index (χ2v) is 24.4. The third kappa shape index (κ3) is 14.2. The minimum atomic E-state index is -5.53. The van der Waals surface area contributed by atoms with Gasteiger partial charge in [0.05, 0.1) is 15.5 Å². The van der Waals surface area contributed by atoms with Crippen LogP contribution in [0.15, 0.2) is 144 Å². The van der Waals surface area contributed by atoms with Crippen molar-refractivity contribution < 1.29 is 82.9 Å². The van der Waals surface area contributed by atoms with Crippen LogP contribution in [0.5, 0.6) is 5.75 Å². The number of nitrogens with one attached hydrogen (secondary N) is 4. The third-order valence-electron chi connectivity index (χ3n) is 9.79. The van der Waals surface area contributed by atoms with E-state index in [1.54, 1.807) is 0 Å². The average molecular weight is 1230 g/mol. The number of phenols is 1. The Labute approximate surface area is 449 Å². The van der Waals surface area contributed by atoms with Crippen molar-refractivity contribution in [3.05, 3.63) is 120 Å². The van der Waals surface area contributed by atoms with Gasteiger partial charge in [0, 0.05) is 33.2 Å². The number of halogens is 2. The second kappa shape index (κ2) is 21.7. The van der Waals surface area contributed by atoms with Gasteiger partial charge in [0.15, 0.2) is 5.75 Å². The van der Waals surface area contributed by atoms with Crippen molar-refractivity contribution in [2.75, 3.05) is 27.0 Å². The predicted octanol–water partition coefficient (Wildman–Crippen LogP) is 5.88. The lowest BCUT2D eigenvalue weighted by atomic mass is 10.1. The van der Waals surface area contributed by atoms with Crippen LogP contribution in [0, 0.1) is 0 Å². The van der Waals surface area contributed by atoms with Crippen LogP contribution in [0.25, 0.3) is 21.5 Å². The Balaban J connectivity index is 1.30. The molecule has 39 heteroatoms. The van der Waals surface area contributed by atoms with E-state index in [-0.39, 0.29) is 17.3 Å². The zero-order chi connectivity index (χ0) is 57.5. The van der Waals surface area contributed by atoms with E-state index in [1.165, 1.54) is 24.3 Å². The van der Waals surface area contributed by atoms with E-state index < -0.39 is 169 Å². The first-order chi connectivity index (χ1) is 36.1. The maximum Gasteiger partial charge on any atom is 0.297 e. The zero-order valence-electron chi connectivity index (χ0n) is 37.9. The van der Waals surface area contributed by atoms with Crippen molar-refractivity contribution in [1.82, 2.24) is 29.9 Å². The number of benzene rings is 5. The quantitative estimate of drug-likeness (QED) is 0.0256. The van der Waals surface area contributed by atoms with Gasteiger partial charge in [-0.15, -0.1) is 10.2 Å². The Hall–Kier alpha value is -7.50. The normalized spacial score (nSPS) is 13.2. The van der Waals surface area contributed by atoms with Gasteiger partial charge in [-0.3, -0.25) is 27.3 Å². The third-order valence-corrected chi connectivity index (χ3v) is 15.2. The predicted molar refractivity (Wildman–Crippen MR) is 276 cm³/mol. The molecule has 410 valence electrons. The smallest absolute Gasteiger partial charge is 0.297 e. The second-order valence-electron chi connectivity index (χ2n) is 15.3. The number of fused-ring (bicyclic) bond motifs is 2.